The maximum atomic E-state index is 10.8. The first-order valence-electron chi connectivity index (χ1n) is 3.36. The molecule has 1 amide bonds. The number of carbonyl (C=O) groups excluding carboxylic acids is 1. The minimum absolute atomic E-state index is 0.476. The lowest BCUT2D eigenvalue weighted by Crippen LogP contribution is -2.08. The number of rotatable bonds is 1. The molecule has 1 aromatic carbocycles. The molecule has 66 valence electrons. The highest BCUT2D eigenvalue weighted by Gasteiger charge is 2.02. The Morgan fingerprint density at radius 1 is 1.62 bits per heavy atom. The van der Waals surface area contributed by atoms with Crippen molar-refractivity contribution in [2.45, 2.75) is 0 Å². The fourth-order valence-corrected chi connectivity index (χ4v) is 1.41. The van der Waals surface area contributed by atoms with Crippen LogP contribution in [0.4, 0.5) is 5.69 Å². The summed E-state index contributed by atoms with van der Waals surface area (Å²) in [7, 11) is 0. The van der Waals surface area contributed by atoms with Gasteiger partial charge in [0, 0.05) is 3.57 Å². The summed E-state index contributed by atoms with van der Waals surface area (Å²) in [6.07, 6.45) is 4.90. The summed E-state index contributed by atoms with van der Waals surface area (Å²) < 4.78 is 0.981. The normalized spacial score (nSPS) is 9.00. The molecule has 0 saturated heterocycles. The summed E-state index contributed by atoms with van der Waals surface area (Å²) in [6.45, 7) is 0. The number of amides is 1. The molecule has 0 aliphatic heterocycles. The van der Waals surface area contributed by atoms with E-state index < -0.39 is 5.91 Å². The molecule has 1 rings (SSSR count). The summed E-state index contributed by atoms with van der Waals surface area (Å²) in [5, 5.41) is 2.96. The Labute approximate surface area is 94.8 Å². The Morgan fingerprint density at radius 2 is 2.31 bits per heavy atom. The number of hydrogen-bond acceptors (Lipinski definition) is 1. The molecule has 0 unspecified atom stereocenters. The van der Waals surface area contributed by atoms with Crippen molar-refractivity contribution in [1.82, 2.24) is 0 Å². The smallest absolute Gasteiger partial charge is 0.300 e. The number of terminal acetylenes is 1. The molecule has 13 heavy (non-hydrogen) atoms. The van der Waals surface area contributed by atoms with Crippen LogP contribution in [-0.4, -0.2) is 5.91 Å². The van der Waals surface area contributed by atoms with Crippen LogP contribution < -0.4 is 5.32 Å². The molecular weight excluding hydrogens is 300 g/mol. The van der Waals surface area contributed by atoms with Crippen molar-refractivity contribution in [2.24, 2.45) is 0 Å². The summed E-state index contributed by atoms with van der Waals surface area (Å²) in [4.78, 5) is 10.8. The van der Waals surface area contributed by atoms with Crippen molar-refractivity contribution in [1.29, 1.82) is 0 Å². The van der Waals surface area contributed by atoms with Gasteiger partial charge in [0.1, 0.15) is 0 Å². The molecule has 0 heterocycles. The fraction of sp³-hybridized carbons (Fsp3) is 0. The molecule has 0 spiro atoms. The van der Waals surface area contributed by atoms with E-state index in [9.17, 15) is 4.79 Å². The predicted octanol–water partition coefficient (Wildman–Crippen LogP) is 2.52. The Morgan fingerprint density at radius 3 is 2.92 bits per heavy atom. The van der Waals surface area contributed by atoms with E-state index in [0.717, 1.165) is 3.57 Å². The topological polar surface area (TPSA) is 29.1 Å². The first-order valence-corrected chi connectivity index (χ1v) is 4.82. The largest absolute Gasteiger partial charge is 0.314 e. The Bertz CT molecular complexity index is 384. The molecule has 2 nitrogen and oxygen atoms in total. The Hall–Kier alpha value is -0.730. The van der Waals surface area contributed by atoms with Crippen LogP contribution in [-0.2, 0) is 4.79 Å². The number of benzene rings is 1. The van der Waals surface area contributed by atoms with Gasteiger partial charge < -0.3 is 5.32 Å². The summed E-state index contributed by atoms with van der Waals surface area (Å²) >= 11 is 7.93. The van der Waals surface area contributed by atoms with Gasteiger partial charge in [0.15, 0.2) is 0 Å². The minimum atomic E-state index is -0.496. The standard InChI is InChI=1S/C9H5ClINO/c1-2-9(13)12-8-5-6(11)3-4-7(8)10/h1,3-5H,(H,12,13). The summed E-state index contributed by atoms with van der Waals surface area (Å²) in [6, 6.07) is 5.29. The van der Waals surface area contributed by atoms with Crippen molar-refractivity contribution >= 4 is 45.8 Å². The van der Waals surface area contributed by atoms with Crippen molar-refractivity contribution in [3.63, 3.8) is 0 Å². The first kappa shape index (κ1) is 10.4. The number of hydrogen-bond donors (Lipinski definition) is 1. The molecule has 0 radical (unpaired) electrons. The average Bonchev–Trinajstić information content (AvgIpc) is 2.11. The van der Waals surface area contributed by atoms with Crippen LogP contribution >= 0.6 is 34.2 Å². The lowest BCUT2D eigenvalue weighted by Gasteiger charge is -2.03. The molecule has 0 aromatic heterocycles. The van der Waals surface area contributed by atoms with Crippen LogP contribution in [0.15, 0.2) is 18.2 Å². The van der Waals surface area contributed by atoms with Crippen molar-refractivity contribution in [3.05, 3.63) is 26.8 Å². The van der Waals surface area contributed by atoms with Crippen molar-refractivity contribution in [3.8, 4) is 12.3 Å². The van der Waals surface area contributed by atoms with Gasteiger partial charge in [-0.05, 0) is 46.7 Å². The van der Waals surface area contributed by atoms with Gasteiger partial charge in [0.25, 0.3) is 5.91 Å². The lowest BCUT2D eigenvalue weighted by atomic mass is 10.3. The van der Waals surface area contributed by atoms with E-state index in [0.29, 0.717) is 10.7 Å². The molecule has 0 fully saturated rings. The maximum Gasteiger partial charge on any atom is 0.300 e. The zero-order valence-corrected chi connectivity index (χ0v) is 9.39. The molecular formula is C9H5ClINO. The highest BCUT2D eigenvalue weighted by Crippen LogP contribution is 2.23. The van der Waals surface area contributed by atoms with Crippen LogP contribution in [0, 0.1) is 15.9 Å². The molecule has 0 aliphatic carbocycles. The SMILES string of the molecule is C#CC(=O)Nc1cc(I)ccc1Cl. The maximum absolute atomic E-state index is 10.8. The van der Waals surface area contributed by atoms with E-state index in [2.05, 4.69) is 27.9 Å². The molecule has 0 saturated carbocycles. The van der Waals surface area contributed by atoms with Gasteiger partial charge in [-0.3, -0.25) is 4.79 Å². The van der Waals surface area contributed by atoms with E-state index in [1.54, 1.807) is 12.1 Å². The number of nitrogens with one attached hydrogen (secondary N) is 1. The van der Waals surface area contributed by atoms with E-state index >= 15 is 0 Å². The third-order valence-electron chi connectivity index (χ3n) is 1.31. The van der Waals surface area contributed by atoms with E-state index in [-0.39, 0.29) is 0 Å². The van der Waals surface area contributed by atoms with E-state index in [1.165, 1.54) is 0 Å². The third-order valence-corrected chi connectivity index (χ3v) is 2.31. The van der Waals surface area contributed by atoms with E-state index in [1.807, 2.05) is 12.0 Å². The van der Waals surface area contributed by atoms with Gasteiger partial charge in [0.05, 0.1) is 10.7 Å². The van der Waals surface area contributed by atoms with Crippen LogP contribution in [0.5, 0.6) is 0 Å². The molecule has 0 atom stereocenters. The molecule has 1 aromatic rings. The summed E-state index contributed by atoms with van der Waals surface area (Å²) in [5.41, 5.74) is 0.538. The lowest BCUT2D eigenvalue weighted by molar-refractivity contribution is -0.111. The Balaban J connectivity index is 2.95. The van der Waals surface area contributed by atoms with Crippen LogP contribution in [0.3, 0.4) is 0 Å². The van der Waals surface area contributed by atoms with Gasteiger partial charge in [-0.1, -0.05) is 11.6 Å². The molecule has 1 N–H and O–H groups in total. The molecule has 0 aliphatic rings. The zero-order chi connectivity index (χ0) is 9.84. The van der Waals surface area contributed by atoms with Crippen LogP contribution in [0.25, 0.3) is 0 Å². The highest BCUT2D eigenvalue weighted by molar-refractivity contribution is 14.1. The number of carbonyl (C=O) groups is 1. The zero-order valence-electron chi connectivity index (χ0n) is 6.47. The second kappa shape index (κ2) is 4.49. The van der Waals surface area contributed by atoms with Crippen LogP contribution in [0.1, 0.15) is 0 Å². The van der Waals surface area contributed by atoms with Gasteiger partial charge in [-0.25, -0.2) is 0 Å². The number of halogens is 2. The fourth-order valence-electron chi connectivity index (χ4n) is 0.752. The van der Waals surface area contributed by atoms with Gasteiger partial charge in [-0.15, -0.1) is 6.42 Å². The van der Waals surface area contributed by atoms with E-state index in [4.69, 9.17) is 18.0 Å². The molecule has 0 bridgehead atoms. The number of anilines is 1. The quantitative estimate of drug-likeness (QED) is 0.627. The second-order valence-corrected chi connectivity index (χ2v) is 3.88. The predicted molar refractivity (Wildman–Crippen MR) is 61.6 cm³/mol. The van der Waals surface area contributed by atoms with Gasteiger partial charge >= 0.3 is 0 Å². The van der Waals surface area contributed by atoms with Crippen molar-refractivity contribution < 1.29 is 4.79 Å². The first-order chi connectivity index (χ1) is 6.13. The van der Waals surface area contributed by atoms with Crippen LogP contribution in [0.2, 0.25) is 5.02 Å². The van der Waals surface area contributed by atoms with Gasteiger partial charge in [0.2, 0.25) is 0 Å². The second-order valence-electron chi connectivity index (χ2n) is 2.22. The minimum Gasteiger partial charge on any atom is -0.314 e. The third kappa shape index (κ3) is 2.90. The van der Waals surface area contributed by atoms with Crippen molar-refractivity contribution in [2.75, 3.05) is 5.32 Å². The van der Waals surface area contributed by atoms with Gasteiger partial charge in [-0.2, -0.15) is 0 Å². The highest BCUT2D eigenvalue weighted by atomic mass is 127. The summed E-state index contributed by atoms with van der Waals surface area (Å²) in [5.74, 6) is 1.45. The molecule has 4 heteroatoms. The average molecular weight is 306 g/mol. The Kier molecular flexibility index (Phi) is 3.58. The monoisotopic (exact) mass is 305 g/mol.